The molecule has 0 saturated carbocycles. The van der Waals surface area contributed by atoms with Gasteiger partial charge in [0.05, 0.1) is 12.1 Å². The highest BCUT2D eigenvalue weighted by Gasteiger charge is 2.15. The molecule has 0 aliphatic rings. The molecule has 132 valence electrons. The molecule has 5 nitrogen and oxygen atoms in total. The van der Waals surface area contributed by atoms with E-state index in [1.54, 1.807) is 7.11 Å². The number of nitrogens with one attached hydrogen (secondary N) is 1. The summed E-state index contributed by atoms with van der Waals surface area (Å²) in [6.45, 7) is 3.14. The largest absolute Gasteiger partial charge is 0.383 e. The Bertz CT molecular complexity index is 1140. The minimum atomic E-state index is -0.0832. The van der Waals surface area contributed by atoms with E-state index in [0.717, 1.165) is 21.7 Å². The summed E-state index contributed by atoms with van der Waals surface area (Å²) in [5, 5.41) is 7.42. The molecule has 0 saturated heterocycles. The van der Waals surface area contributed by atoms with Crippen LogP contribution in [0, 0.1) is 6.92 Å². The molecule has 0 atom stereocenters. The lowest BCUT2D eigenvalue weighted by Crippen LogP contribution is -2.26. The van der Waals surface area contributed by atoms with Crippen molar-refractivity contribution in [1.29, 1.82) is 0 Å². The first-order valence-corrected chi connectivity index (χ1v) is 8.64. The Balaban J connectivity index is 1.92. The first-order chi connectivity index (χ1) is 12.6. The highest BCUT2D eigenvalue weighted by atomic mass is 16.5. The van der Waals surface area contributed by atoms with Crippen molar-refractivity contribution in [2.24, 2.45) is 7.05 Å². The van der Waals surface area contributed by atoms with Crippen LogP contribution in [0.2, 0.25) is 0 Å². The van der Waals surface area contributed by atoms with Gasteiger partial charge in [0.2, 0.25) is 0 Å². The standard InChI is InChI=1S/C21H21N3O2/c1-13-16-6-7-22-12-15(16)11-18-17-10-14(21(25)23-8-9-26-3)4-5-19(17)24(2)20(13)18/h4-7,10-12H,8-9H2,1-3H3,(H,23,25). The van der Waals surface area contributed by atoms with Crippen LogP contribution in [0.3, 0.4) is 0 Å². The third kappa shape index (κ3) is 2.52. The van der Waals surface area contributed by atoms with Crippen molar-refractivity contribution >= 4 is 38.5 Å². The van der Waals surface area contributed by atoms with Gasteiger partial charge in [0.1, 0.15) is 0 Å². The molecule has 1 amide bonds. The summed E-state index contributed by atoms with van der Waals surface area (Å²) >= 11 is 0. The zero-order valence-electron chi connectivity index (χ0n) is 15.2. The van der Waals surface area contributed by atoms with Gasteiger partial charge in [-0.3, -0.25) is 9.78 Å². The van der Waals surface area contributed by atoms with Gasteiger partial charge in [0, 0.05) is 60.3 Å². The zero-order valence-corrected chi connectivity index (χ0v) is 15.2. The maximum Gasteiger partial charge on any atom is 0.251 e. The molecule has 2 aromatic carbocycles. The Morgan fingerprint density at radius 2 is 2.04 bits per heavy atom. The molecule has 2 heterocycles. The van der Waals surface area contributed by atoms with Crippen molar-refractivity contribution in [1.82, 2.24) is 14.9 Å². The van der Waals surface area contributed by atoms with Gasteiger partial charge in [-0.15, -0.1) is 0 Å². The Kier molecular flexibility index (Phi) is 4.09. The van der Waals surface area contributed by atoms with Gasteiger partial charge in [-0.2, -0.15) is 0 Å². The molecular weight excluding hydrogens is 326 g/mol. The molecule has 26 heavy (non-hydrogen) atoms. The molecular formula is C21H21N3O2. The summed E-state index contributed by atoms with van der Waals surface area (Å²) in [5.74, 6) is -0.0832. The Labute approximate surface area is 151 Å². The summed E-state index contributed by atoms with van der Waals surface area (Å²) < 4.78 is 7.19. The number of hydrogen-bond acceptors (Lipinski definition) is 3. The highest BCUT2D eigenvalue weighted by molar-refractivity contribution is 6.15. The number of ether oxygens (including phenoxy) is 1. The van der Waals surface area contributed by atoms with Crippen LogP contribution in [-0.2, 0) is 11.8 Å². The summed E-state index contributed by atoms with van der Waals surface area (Å²) in [7, 11) is 3.69. The van der Waals surface area contributed by atoms with Crippen LogP contribution in [0.4, 0.5) is 0 Å². The summed E-state index contributed by atoms with van der Waals surface area (Å²) in [6, 6.07) is 10.1. The van der Waals surface area contributed by atoms with E-state index in [1.807, 2.05) is 30.6 Å². The highest BCUT2D eigenvalue weighted by Crippen LogP contribution is 2.35. The number of methoxy groups -OCH3 is 1. The Morgan fingerprint density at radius 1 is 1.19 bits per heavy atom. The first-order valence-electron chi connectivity index (χ1n) is 8.64. The number of fused-ring (bicyclic) bond motifs is 4. The van der Waals surface area contributed by atoms with Crippen LogP contribution in [0.5, 0.6) is 0 Å². The van der Waals surface area contributed by atoms with Gasteiger partial charge < -0.3 is 14.6 Å². The average Bonchev–Trinajstić information content (AvgIpc) is 2.94. The van der Waals surface area contributed by atoms with Crippen LogP contribution in [0.15, 0.2) is 42.7 Å². The number of aryl methyl sites for hydroxylation is 2. The van der Waals surface area contributed by atoms with E-state index < -0.39 is 0 Å². The van der Waals surface area contributed by atoms with E-state index in [9.17, 15) is 4.79 Å². The molecule has 4 rings (SSSR count). The number of aromatic nitrogens is 2. The van der Waals surface area contributed by atoms with Crippen molar-refractivity contribution in [3.05, 3.63) is 53.9 Å². The minimum absolute atomic E-state index is 0.0832. The second-order valence-corrected chi connectivity index (χ2v) is 6.53. The van der Waals surface area contributed by atoms with E-state index in [1.165, 1.54) is 16.5 Å². The number of carbonyl (C=O) groups excluding carboxylic acids is 1. The van der Waals surface area contributed by atoms with Crippen LogP contribution < -0.4 is 5.32 Å². The number of nitrogens with zero attached hydrogens (tertiary/aromatic N) is 2. The fraction of sp³-hybridized carbons (Fsp3) is 0.238. The van der Waals surface area contributed by atoms with Crippen LogP contribution in [0.1, 0.15) is 15.9 Å². The third-order valence-electron chi connectivity index (χ3n) is 5.00. The SMILES string of the molecule is COCCNC(=O)c1ccc2c(c1)c1cc3cnccc3c(C)c1n2C. The number of benzene rings is 2. The number of amides is 1. The summed E-state index contributed by atoms with van der Waals surface area (Å²) in [4.78, 5) is 16.7. The molecule has 5 heteroatoms. The zero-order chi connectivity index (χ0) is 18.3. The second kappa shape index (κ2) is 6.42. The fourth-order valence-electron chi connectivity index (χ4n) is 3.73. The topological polar surface area (TPSA) is 56.1 Å². The fourth-order valence-corrected chi connectivity index (χ4v) is 3.73. The van der Waals surface area contributed by atoms with Crippen LogP contribution in [0.25, 0.3) is 32.6 Å². The second-order valence-electron chi connectivity index (χ2n) is 6.53. The molecule has 4 aromatic rings. The van der Waals surface area contributed by atoms with Gasteiger partial charge in [0.15, 0.2) is 0 Å². The number of carbonyl (C=O) groups is 1. The molecule has 1 N–H and O–H groups in total. The van der Waals surface area contributed by atoms with E-state index in [4.69, 9.17) is 4.74 Å². The lowest BCUT2D eigenvalue weighted by molar-refractivity contribution is 0.0937. The average molecular weight is 347 g/mol. The molecule has 0 fully saturated rings. The molecule has 0 spiro atoms. The maximum absolute atomic E-state index is 12.4. The molecule has 0 aliphatic carbocycles. The lowest BCUT2D eigenvalue weighted by Gasteiger charge is -2.06. The summed E-state index contributed by atoms with van der Waals surface area (Å²) in [6.07, 6.45) is 3.72. The maximum atomic E-state index is 12.4. The van der Waals surface area contributed by atoms with Crippen molar-refractivity contribution in [2.45, 2.75) is 6.92 Å². The van der Waals surface area contributed by atoms with Gasteiger partial charge >= 0.3 is 0 Å². The monoisotopic (exact) mass is 347 g/mol. The Morgan fingerprint density at radius 3 is 2.85 bits per heavy atom. The van der Waals surface area contributed by atoms with Gasteiger partial charge in [-0.1, -0.05) is 0 Å². The molecule has 0 unspecified atom stereocenters. The minimum Gasteiger partial charge on any atom is -0.383 e. The van der Waals surface area contributed by atoms with Gasteiger partial charge in [-0.05, 0) is 48.2 Å². The van der Waals surface area contributed by atoms with E-state index in [2.05, 4.69) is 41.0 Å². The van der Waals surface area contributed by atoms with Crippen LogP contribution in [-0.4, -0.2) is 35.7 Å². The van der Waals surface area contributed by atoms with E-state index in [0.29, 0.717) is 18.7 Å². The quantitative estimate of drug-likeness (QED) is 0.574. The number of rotatable bonds is 4. The van der Waals surface area contributed by atoms with Crippen LogP contribution >= 0.6 is 0 Å². The molecule has 0 bridgehead atoms. The predicted molar refractivity (Wildman–Crippen MR) is 105 cm³/mol. The van der Waals surface area contributed by atoms with Gasteiger partial charge in [-0.25, -0.2) is 0 Å². The normalized spacial score (nSPS) is 11.5. The van der Waals surface area contributed by atoms with Crippen molar-refractivity contribution in [3.63, 3.8) is 0 Å². The van der Waals surface area contributed by atoms with Crippen molar-refractivity contribution in [2.75, 3.05) is 20.3 Å². The molecule has 0 aliphatic heterocycles. The van der Waals surface area contributed by atoms with E-state index >= 15 is 0 Å². The van der Waals surface area contributed by atoms with E-state index in [-0.39, 0.29) is 5.91 Å². The first kappa shape index (κ1) is 16.5. The number of hydrogen-bond donors (Lipinski definition) is 1. The van der Waals surface area contributed by atoms with Gasteiger partial charge in [0.25, 0.3) is 5.91 Å². The third-order valence-corrected chi connectivity index (χ3v) is 5.00. The number of pyridine rings is 1. The smallest absolute Gasteiger partial charge is 0.251 e. The predicted octanol–water partition coefficient (Wildman–Crippen LogP) is 3.56. The van der Waals surface area contributed by atoms with Crippen molar-refractivity contribution < 1.29 is 9.53 Å². The molecule has 0 radical (unpaired) electrons. The Hall–Kier alpha value is -2.92. The molecule has 2 aromatic heterocycles. The lowest BCUT2D eigenvalue weighted by atomic mass is 10.0. The van der Waals surface area contributed by atoms with Crippen molar-refractivity contribution in [3.8, 4) is 0 Å². The summed E-state index contributed by atoms with van der Waals surface area (Å²) in [5.41, 5.74) is 4.19.